The molecule has 3 aromatic carbocycles. The number of aromatic amines is 1. The molecule has 31 heavy (non-hydrogen) atoms. The second-order valence-electron chi connectivity index (χ2n) is 8.44. The third-order valence-electron chi connectivity index (χ3n) is 6.50. The van der Waals surface area contributed by atoms with Crippen LogP contribution in [0.5, 0.6) is 0 Å². The van der Waals surface area contributed by atoms with E-state index in [4.69, 9.17) is 0 Å². The number of amides is 2. The van der Waals surface area contributed by atoms with Gasteiger partial charge in [-0.3, -0.25) is 9.59 Å². The SMILES string of the molecule is CC1(C(=O)Nc2ccc3ccccc3c2)CCC(=O)N1CCc1c[nH]c2ccccc12. The predicted octanol–water partition coefficient (Wildman–Crippen LogP) is 4.88. The number of nitrogens with zero attached hydrogens (tertiary/aromatic N) is 1. The highest BCUT2D eigenvalue weighted by Crippen LogP contribution is 2.32. The van der Waals surface area contributed by atoms with E-state index < -0.39 is 5.54 Å². The molecule has 1 atom stereocenters. The van der Waals surface area contributed by atoms with E-state index in [1.165, 1.54) is 0 Å². The molecule has 5 nitrogen and oxygen atoms in total. The van der Waals surface area contributed by atoms with E-state index in [2.05, 4.69) is 16.4 Å². The second kappa shape index (κ2) is 7.58. The van der Waals surface area contributed by atoms with E-state index in [-0.39, 0.29) is 11.8 Å². The Kier molecular flexibility index (Phi) is 4.74. The summed E-state index contributed by atoms with van der Waals surface area (Å²) in [5, 5.41) is 6.42. The van der Waals surface area contributed by atoms with Crippen LogP contribution in [0.2, 0.25) is 0 Å². The van der Waals surface area contributed by atoms with E-state index >= 15 is 0 Å². The van der Waals surface area contributed by atoms with Gasteiger partial charge in [0.05, 0.1) is 0 Å². The molecule has 0 radical (unpaired) electrons. The minimum atomic E-state index is -0.852. The van der Waals surface area contributed by atoms with Gasteiger partial charge in [0.1, 0.15) is 5.54 Å². The largest absolute Gasteiger partial charge is 0.361 e. The summed E-state index contributed by atoms with van der Waals surface area (Å²) in [4.78, 5) is 31.0. The predicted molar refractivity (Wildman–Crippen MR) is 124 cm³/mol. The van der Waals surface area contributed by atoms with Crippen molar-refractivity contribution in [2.45, 2.75) is 31.7 Å². The highest BCUT2D eigenvalue weighted by atomic mass is 16.2. The van der Waals surface area contributed by atoms with Gasteiger partial charge in [0.15, 0.2) is 0 Å². The van der Waals surface area contributed by atoms with Gasteiger partial charge in [0, 0.05) is 35.8 Å². The summed E-state index contributed by atoms with van der Waals surface area (Å²) in [7, 11) is 0. The van der Waals surface area contributed by atoms with Gasteiger partial charge in [-0.1, -0.05) is 48.5 Å². The van der Waals surface area contributed by atoms with Crippen molar-refractivity contribution in [1.82, 2.24) is 9.88 Å². The van der Waals surface area contributed by atoms with E-state index in [1.807, 2.05) is 73.8 Å². The van der Waals surface area contributed by atoms with Gasteiger partial charge < -0.3 is 15.2 Å². The first kappa shape index (κ1) is 19.4. The van der Waals surface area contributed by atoms with Crippen LogP contribution < -0.4 is 5.32 Å². The zero-order chi connectivity index (χ0) is 21.4. The Labute approximate surface area is 181 Å². The highest BCUT2D eigenvalue weighted by molar-refractivity contribution is 6.03. The summed E-state index contributed by atoms with van der Waals surface area (Å²) in [6, 6.07) is 22.1. The molecule has 5 heteroatoms. The molecule has 4 aromatic rings. The topological polar surface area (TPSA) is 65.2 Å². The number of aromatic nitrogens is 1. The molecular formula is C26H25N3O2. The van der Waals surface area contributed by atoms with Crippen molar-refractivity contribution in [3.63, 3.8) is 0 Å². The third kappa shape index (κ3) is 3.46. The molecule has 0 saturated carbocycles. The summed E-state index contributed by atoms with van der Waals surface area (Å²) >= 11 is 0. The summed E-state index contributed by atoms with van der Waals surface area (Å²) in [5.41, 5.74) is 2.14. The maximum Gasteiger partial charge on any atom is 0.250 e. The maximum atomic E-state index is 13.3. The van der Waals surface area contributed by atoms with Gasteiger partial charge in [0.25, 0.3) is 0 Å². The maximum absolute atomic E-state index is 13.3. The molecular weight excluding hydrogens is 386 g/mol. The van der Waals surface area contributed by atoms with Crippen molar-refractivity contribution in [3.05, 3.63) is 78.5 Å². The van der Waals surface area contributed by atoms with E-state index in [1.54, 1.807) is 4.90 Å². The summed E-state index contributed by atoms with van der Waals surface area (Å²) in [6.07, 6.45) is 3.63. The number of benzene rings is 3. The lowest BCUT2D eigenvalue weighted by Crippen LogP contribution is -2.52. The monoisotopic (exact) mass is 411 g/mol. The van der Waals surface area contributed by atoms with Crippen LogP contribution in [0.15, 0.2) is 72.9 Å². The van der Waals surface area contributed by atoms with Crippen LogP contribution >= 0.6 is 0 Å². The number of anilines is 1. The zero-order valence-electron chi connectivity index (χ0n) is 17.5. The van der Waals surface area contributed by atoms with Crippen LogP contribution in [0, 0.1) is 0 Å². The molecule has 1 aromatic heterocycles. The van der Waals surface area contributed by atoms with E-state index in [0.29, 0.717) is 25.8 Å². The number of nitrogens with one attached hydrogen (secondary N) is 2. The molecule has 1 fully saturated rings. The molecule has 2 N–H and O–H groups in total. The number of hydrogen-bond acceptors (Lipinski definition) is 2. The first-order valence-electron chi connectivity index (χ1n) is 10.7. The van der Waals surface area contributed by atoms with Crippen LogP contribution in [-0.4, -0.2) is 33.8 Å². The number of fused-ring (bicyclic) bond motifs is 2. The summed E-state index contributed by atoms with van der Waals surface area (Å²) < 4.78 is 0. The molecule has 1 aliphatic rings. The molecule has 1 aliphatic heterocycles. The Hall–Kier alpha value is -3.60. The lowest BCUT2D eigenvalue weighted by atomic mass is 9.96. The molecule has 5 rings (SSSR count). The van der Waals surface area contributed by atoms with Crippen molar-refractivity contribution in [2.75, 3.05) is 11.9 Å². The average Bonchev–Trinajstić information content (AvgIpc) is 3.33. The smallest absolute Gasteiger partial charge is 0.250 e. The van der Waals surface area contributed by atoms with Gasteiger partial charge in [0.2, 0.25) is 11.8 Å². The number of hydrogen-bond donors (Lipinski definition) is 2. The van der Waals surface area contributed by atoms with E-state index in [0.717, 1.165) is 32.9 Å². The number of carbonyl (C=O) groups is 2. The average molecular weight is 412 g/mol. The van der Waals surface area contributed by atoms with Crippen molar-refractivity contribution < 1.29 is 9.59 Å². The first-order valence-corrected chi connectivity index (χ1v) is 10.7. The van der Waals surface area contributed by atoms with Crippen molar-refractivity contribution in [3.8, 4) is 0 Å². The number of H-pyrrole nitrogens is 1. The third-order valence-corrected chi connectivity index (χ3v) is 6.50. The zero-order valence-corrected chi connectivity index (χ0v) is 17.5. The van der Waals surface area contributed by atoms with Gasteiger partial charge in [-0.15, -0.1) is 0 Å². The van der Waals surface area contributed by atoms with Crippen LogP contribution in [0.4, 0.5) is 5.69 Å². The normalized spacial score (nSPS) is 18.7. The number of carbonyl (C=O) groups excluding carboxylic acids is 2. The molecule has 0 spiro atoms. The molecule has 0 bridgehead atoms. The van der Waals surface area contributed by atoms with Crippen molar-refractivity contribution in [1.29, 1.82) is 0 Å². The first-order chi connectivity index (χ1) is 15.0. The second-order valence-corrected chi connectivity index (χ2v) is 8.44. The highest BCUT2D eigenvalue weighted by Gasteiger charge is 2.47. The quantitative estimate of drug-likeness (QED) is 0.491. The summed E-state index contributed by atoms with van der Waals surface area (Å²) in [5.74, 6) is -0.0939. The Bertz CT molecular complexity index is 1290. The minimum absolute atomic E-state index is 0.0380. The molecule has 1 saturated heterocycles. The standard InChI is InChI=1S/C26H25N3O2/c1-26(25(31)28-21-11-10-18-6-2-3-7-19(18)16-21)14-12-24(30)29(26)15-13-20-17-27-23-9-5-4-8-22(20)23/h2-11,16-17,27H,12-15H2,1H3,(H,28,31). The van der Waals surface area contributed by atoms with Crippen LogP contribution in [0.3, 0.4) is 0 Å². The Morgan fingerprint density at radius 1 is 1.06 bits per heavy atom. The Balaban J connectivity index is 1.34. The molecule has 2 amide bonds. The van der Waals surface area contributed by atoms with Gasteiger partial charge in [-0.2, -0.15) is 0 Å². The van der Waals surface area contributed by atoms with Crippen LogP contribution in [-0.2, 0) is 16.0 Å². The molecule has 0 aliphatic carbocycles. The lowest BCUT2D eigenvalue weighted by molar-refractivity contribution is -0.137. The number of likely N-dealkylation sites (tertiary alicyclic amines) is 1. The van der Waals surface area contributed by atoms with E-state index in [9.17, 15) is 9.59 Å². The van der Waals surface area contributed by atoms with Crippen molar-refractivity contribution >= 4 is 39.2 Å². The number of rotatable bonds is 5. The summed E-state index contributed by atoms with van der Waals surface area (Å²) in [6.45, 7) is 2.39. The fourth-order valence-corrected chi connectivity index (χ4v) is 4.61. The Morgan fingerprint density at radius 3 is 2.71 bits per heavy atom. The van der Waals surface area contributed by atoms with Gasteiger partial charge in [-0.05, 0) is 54.3 Å². The molecule has 156 valence electrons. The van der Waals surface area contributed by atoms with Crippen LogP contribution in [0.25, 0.3) is 21.7 Å². The molecule has 1 unspecified atom stereocenters. The molecule has 2 heterocycles. The fourth-order valence-electron chi connectivity index (χ4n) is 4.61. The van der Waals surface area contributed by atoms with Gasteiger partial charge >= 0.3 is 0 Å². The minimum Gasteiger partial charge on any atom is -0.361 e. The van der Waals surface area contributed by atoms with Crippen molar-refractivity contribution in [2.24, 2.45) is 0 Å². The van der Waals surface area contributed by atoms with Gasteiger partial charge in [-0.25, -0.2) is 0 Å². The fraction of sp³-hybridized carbons (Fsp3) is 0.231. The number of para-hydroxylation sites is 1. The van der Waals surface area contributed by atoms with Crippen LogP contribution in [0.1, 0.15) is 25.3 Å². The Morgan fingerprint density at radius 2 is 1.84 bits per heavy atom. The lowest BCUT2D eigenvalue weighted by Gasteiger charge is -2.34.